The van der Waals surface area contributed by atoms with Crippen molar-refractivity contribution in [2.75, 3.05) is 7.11 Å². The minimum absolute atomic E-state index is 0.415. The Kier molecular flexibility index (Phi) is 6.30. The van der Waals surface area contributed by atoms with Gasteiger partial charge in [0.25, 0.3) is 6.10 Å². The lowest BCUT2D eigenvalue weighted by Crippen LogP contribution is -2.42. The van der Waals surface area contributed by atoms with Gasteiger partial charge in [-0.3, -0.25) is 0 Å². The van der Waals surface area contributed by atoms with Crippen LogP contribution < -0.4 is 0 Å². The fraction of sp³-hybridized carbons (Fsp3) is 0.929. The van der Waals surface area contributed by atoms with E-state index < -0.39 is 24.4 Å². The van der Waals surface area contributed by atoms with E-state index in [4.69, 9.17) is 4.74 Å². The summed E-state index contributed by atoms with van der Waals surface area (Å²) >= 11 is 0. The largest absolute Gasteiger partial charge is 0.460 e. The summed E-state index contributed by atoms with van der Waals surface area (Å²) < 4.78 is 46.9. The normalized spacial score (nSPS) is 29.0. The zero-order valence-electron chi connectivity index (χ0n) is 12.2. The molecule has 0 aromatic carbocycles. The molecular formula is C14H23F3O3. The molecule has 1 fully saturated rings. The highest BCUT2D eigenvalue weighted by Gasteiger charge is 2.47. The van der Waals surface area contributed by atoms with Gasteiger partial charge in [-0.05, 0) is 31.1 Å². The standard InChI is InChI=1S/C14H23F3O3/c1-4-9-6-7-11(8-10(9)5-2)20-13(18)12(19-3)14(15,16)17/h9-12H,4-8H2,1-3H3/t9-,10+,11?,12?/m0/s1. The van der Waals surface area contributed by atoms with Crippen LogP contribution in [0.4, 0.5) is 13.2 Å². The maximum absolute atomic E-state index is 12.6. The number of halogens is 3. The van der Waals surface area contributed by atoms with E-state index in [1.807, 2.05) is 0 Å². The van der Waals surface area contributed by atoms with Crippen molar-refractivity contribution in [3.8, 4) is 0 Å². The highest BCUT2D eigenvalue weighted by molar-refractivity contribution is 5.75. The van der Waals surface area contributed by atoms with Gasteiger partial charge in [-0.25, -0.2) is 4.79 Å². The minimum Gasteiger partial charge on any atom is -0.460 e. The van der Waals surface area contributed by atoms with Gasteiger partial charge < -0.3 is 9.47 Å². The zero-order chi connectivity index (χ0) is 15.3. The lowest BCUT2D eigenvalue weighted by molar-refractivity contribution is -0.228. The van der Waals surface area contributed by atoms with Gasteiger partial charge >= 0.3 is 12.1 Å². The predicted octanol–water partition coefficient (Wildman–Crippen LogP) is 3.71. The third-order valence-corrected chi connectivity index (χ3v) is 4.17. The molecule has 0 amide bonds. The van der Waals surface area contributed by atoms with Crippen molar-refractivity contribution in [2.45, 2.75) is 64.3 Å². The van der Waals surface area contributed by atoms with E-state index in [9.17, 15) is 18.0 Å². The highest BCUT2D eigenvalue weighted by atomic mass is 19.4. The molecule has 6 heteroatoms. The lowest BCUT2D eigenvalue weighted by Gasteiger charge is -2.35. The summed E-state index contributed by atoms with van der Waals surface area (Å²) in [5.74, 6) is -0.330. The fourth-order valence-electron chi connectivity index (χ4n) is 3.02. The van der Waals surface area contributed by atoms with Crippen molar-refractivity contribution >= 4 is 5.97 Å². The van der Waals surface area contributed by atoms with Crippen molar-refractivity contribution in [1.29, 1.82) is 0 Å². The SMILES string of the molecule is CC[C@@H]1CC(OC(=O)C(OC)C(F)(F)F)CC[C@@H]1CC. The molecule has 118 valence electrons. The Balaban J connectivity index is 2.58. The summed E-state index contributed by atoms with van der Waals surface area (Å²) in [6, 6.07) is 0. The number of carbonyl (C=O) groups is 1. The number of esters is 1. The number of hydrogen-bond donors (Lipinski definition) is 0. The van der Waals surface area contributed by atoms with Crippen LogP contribution in [-0.4, -0.2) is 31.5 Å². The lowest BCUT2D eigenvalue weighted by atomic mass is 9.75. The average molecular weight is 296 g/mol. The topological polar surface area (TPSA) is 35.5 Å². The number of alkyl halides is 3. The van der Waals surface area contributed by atoms with Gasteiger partial charge in [-0.1, -0.05) is 26.7 Å². The fourth-order valence-corrected chi connectivity index (χ4v) is 3.02. The van der Waals surface area contributed by atoms with Crippen LogP contribution in [-0.2, 0) is 14.3 Å². The molecule has 4 atom stereocenters. The molecule has 3 nitrogen and oxygen atoms in total. The smallest absolute Gasteiger partial charge is 0.425 e. The quantitative estimate of drug-likeness (QED) is 0.725. The molecule has 1 aliphatic carbocycles. The molecule has 2 unspecified atom stereocenters. The number of methoxy groups -OCH3 is 1. The Morgan fingerprint density at radius 1 is 1.20 bits per heavy atom. The van der Waals surface area contributed by atoms with Crippen molar-refractivity contribution in [3.05, 3.63) is 0 Å². The summed E-state index contributed by atoms with van der Waals surface area (Å²) in [7, 11) is 0.863. The molecule has 0 N–H and O–H groups in total. The number of hydrogen-bond acceptors (Lipinski definition) is 3. The van der Waals surface area contributed by atoms with Crippen LogP contribution in [0.2, 0.25) is 0 Å². The first-order valence-electron chi connectivity index (χ1n) is 7.13. The Morgan fingerprint density at radius 2 is 1.80 bits per heavy atom. The van der Waals surface area contributed by atoms with Gasteiger partial charge in [-0.2, -0.15) is 13.2 Å². The molecule has 0 bridgehead atoms. The predicted molar refractivity (Wildman–Crippen MR) is 68.1 cm³/mol. The van der Waals surface area contributed by atoms with Gasteiger partial charge in [0.15, 0.2) is 0 Å². The Morgan fingerprint density at radius 3 is 2.25 bits per heavy atom. The second kappa shape index (κ2) is 7.29. The second-order valence-corrected chi connectivity index (χ2v) is 5.37. The summed E-state index contributed by atoms with van der Waals surface area (Å²) in [5, 5.41) is 0. The molecule has 0 heterocycles. The van der Waals surface area contributed by atoms with Gasteiger partial charge in [0, 0.05) is 7.11 Å². The first kappa shape index (κ1) is 17.3. The van der Waals surface area contributed by atoms with Crippen LogP contribution >= 0.6 is 0 Å². The van der Waals surface area contributed by atoms with Crippen LogP contribution in [0.3, 0.4) is 0 Å². The minimum atomic E-state index is -4.73. The number of ether oxygens (including phenoxy) is 2. The van der Waals surface area contributed by atoms with Crippen molar-refractivity contribution in [3.63, 3.8) is 0 Å². The molecule has 1 aliphatic rings. The maximum atomic E-state index is 12.6. The van der Waals surface area contributed by atoms with E-state index in [1.165, 1.54) is 0 Å². The van der Waals surface area contributed by atoms with Crippen LogP contribution in [0.1, 0.15) is 46.0 Å². The second-order valence-electron chi connectivity index (χ2n) is 5.37. The first-order valence-corrected chi connectivity index (χ1v) is 7.13. The molecule has 1 saturated carbocycles. The third-order valence-electron chi connectivity index (χ3n) is 4.17. The Labute approximate surface area is 117 Å². The summed E-state index contributed by atoms with van der Waals surface area (Å²) in [6.45, 7) is 4.18. The molecular weight excluding hydrogens is 273 g/mol. The third kappa shape index (κ3) is 4.36. The molecule has 0 aliphatic heterocycles. The molecule has 0 aromatic heterocycles. The average Bonchev–Trinajstić information content (AvgIpc) is 2.37. The number of rotatable bonds is 5. The Hall–Kier alpha value is -0.780. The van der Waals surface area contributed by atoms with Gasteiger partial charge in [0.2, 0.25) is 0 Å². The van der Waals surface area contributed by atoms with Gasteiger partial charge in [-0.15, -0.1) is 0 Å². The van der Waals surface area contributed by atoms with E-state index >= 15 is 0 Å². The summed E-state index contributed by atoms with van der Waals surface area (Å²) in [5.41, 5.74) is 0. The Bertz CT molecular complexity index is 317. The molecule has 0 saturated heterocycles. The van der Waals surface area contributed by atoms with Crippen LogP contribution in [0.25, 0.3) is 0 Å². The van der Waals surface area contributed by atoms with Crippen LogP contribution in [0.5, 0.6) is 0 Å². The molecule has 0 radical (unpaired) electrons. The van der Waals surface area contributed by atoms with Crippen molar-refractivity contribution in [2.24, 2.45) is 11.8 Å². The van der Waals surface area contributed by atoms with E-state index in [0.29, 0.717) is 24.7 Å². The van der Waals surface area contributed by atoms with Gasteiger partial charge in [0.05, 0.1) is 0 Å². The summed E-state index contributed by atoms with van der Waals surface area (Å²) in [4.78, 5) is 11.6. The van der Waals surface area contributed by atoms with E-state index in [0.717, 1.165) is 26.4 Å². The molecule has 0 aromatic rings. The maximum Gasteiger partial charge on any atom is 0.425 e. The first-order chi connectivity index (χ1) is 9.33. The number of carbonyl (C=O) groups excluding carboxylic acids is 1. The monoisotopic (exact) mass is 296 g/mol. The van der Waals surface area contributed by atoms with Crippen LogP contribution in [0, 0.1) is 11.8 Å². The van der Waals surface area contributed by atoms with E-state index in [1.54, 1.807) is 0 Å². The molecule has 20 heavy (non-hydrogen) atoms. The highest BCUT2D eigenvalue weighted by Crippen LogP contribution is 2.36. The van der Waals surface area contributed by atoms with Crippen LogP contribution in [0.15, 0.2) is 0 Å². The molecule has 1 rings (SSSR count). The summed E-state index contributed by atoms with van der Waals surface area (Å²) in [6.07, 6.45) is -3.43. The van der Waals surface area contributed by atoms with Crippen molar-refractivity contribution < 1.29 is 27.4 Å². The van der Waals surface area contributed by atoms with E-state index in [-0.39, 0.29) is 0 Å². The van der Waals surface area contributed by atoms with Crippen molar-refractivity contribution in [1.82, 2.24) is 0 Å². The van der Waals surface area contributed by atoms with Gasteiger partial charge in [0.1, 0.15) is 6.10 Å². The molecule has 0 spiro atoms. The van der Waals surface area contributed by atoms with E-state index in [2.05, 4.69) is 18.6 Å². The zero-order valence-corrected chi connectivity index (χ0v) is 12.2.